The topological polar surface area (TPSA) is 21.3 Å². The Bertz CT molecular complexity index is 270. The van der Waals surface area contributed by atoms with Crippen LogP contribution in [-0.2, 0) is 13.0 Å². The van der Waals surface area contributed by atoms with Crippen LogP contribution < -0.4 is 10.3 Å². The molecule has 0 spiro atoms. The predicted molar refractivity (Wildman–Crippen MR) is 43.3 cm³/mol. The van der Waals surface area contributed by atoms with Crippen molar-refractivity contribution in [2.45, 2.75) is 19.9 Å². The number of rotatable bonds is 1. The van der Waals surface area contributed by atoms with Gasteiger partial charge in [0.1, 0.15) is 0 Å². The first-order chi connectivity index (χ1) is 5.40. The van der Waals surface area contributed by atoms with E-state index < -0.39 is 0 Å². The van der Waals surface area contributed by atoms with Crippen LogP contribution in [0.4, 0.5) is 0 Å². The van der Waals surface area contributed by atoms with Crippen molar-refractivity contribution >= 4 is 0 Å². The zero-order valence-corrected chi connectivity index (χ0v) is 6.55. The van der Waals surface area contributed by atoms with Crippen molar-refractivity contribution in [1.29, 1.82) is 0 Å². The summed E-state index contributed by atoms with van der Waals surface area (Å²) in [6.07, 6.45) is 1.09. The van der Waals surface area contributed by atoms with Gasteiger partial charge in [0.25, 0.3) is 0 Å². The van der Waals surface area contributed by atoms with Crippen LogP contribution in [0.25, 0.3) is 0 Å². The van der Waals surface area contributed by atoms with E-state index in [0.29, 0.717) is 0 Å². The lowest BCUT2D eigenvalue weighted by atomic mass is 10.1. The highest BCUT2D eigenvalue weighted by atomic mass is 16.7. The summed E-state index contributed by atoms with van der Waals surface area (Å²) in [6, 6.07) is 6.31. The van der Waals surface area contributed by atoms with E-state index in [1.807, 2.05) is 6.07 Å². The molecule has 0 saturated carbocycles. The maximum Gasteiger partial charge on any atom is 0.151 e. The summed E-state index contributed by atoms with van der Waals surface area (Å²) in [7, 11) is 0. The molecular weight excluding hydrogens is 138 g/mol. The standard InChI is InChI=1S/C9H11NO/c1-2-7-3-4-9-8(5-7)6-10-11-9/h3-5,10H,2,6H2,1H3. The molecule has 1 aromatic rings. The van der Waals surface area contributed by atoms with Gasteiger partial charge in [-0.2, -0.15) is 5.48 Å². The number of benzene rings is 1. The number of hydroxylamine groups is 1. The molecule has 2 rings (SSSR count). The third-order valence-electron chi connectivity index (χ3n) is 1.98. The summed E-state index contributed by atoms with van der Waals surface area (Å²) in [6.45, 7) is 2.99. The molecule has 1 N–H and O–H groups in total. The molecule has 0 fully saturated rings. The molecule has 2 heteroatoms. The van der Waals surface area contributed by atoms with Crippen molar-refractivity contribution in [3.8, 4) is 5.75 Å². The van der Waals surface area contributed by atoms with Gasteiger partial charge < -0.3 is 4.84 Å². The van der Waals surface area contributed by atoms with Gasteiger partial charge in [0.05, 0.1) is 6.54 Å². The van der Waals surface area contributed by atoms with Gasteiger partial charge in [0.2, 0.25) is 0 Å². The number of aryl methyl sites for hydroxylation is 1. The first-order valence-corrected chi connectivity index (χ1v) is 3.91. The molecule has 58 valence electrons. The summed E-state index contributed by atoms with van der Waals surface area (Å²) >= 11 is 0. The number of nitrogens with one attached hydrogen (secondary N) is 1. The summed E-state index contributed by atoms with van der Waals surface area (Å²) in [4.78, 5) is 5.15. The normalized spacial score (nSPS) is 14.3. The second-order valence-corrected chi connectivity index (χ2v) is 2.72. The van der Waals surface area contributed by atoms with E-state index in [-0.39, 0.29) is 0 Å². The fraction of sp³-hybridized carbons (Fsp3) is 0.333. The minimum atomic E-state index is 0.836. The highest BCUT2D eigenvalue weighted by Crippen LogP contribution is 2.23. The van der Waals surface area contributed by atoms with Gasteiger partial charge in [-0.05, 0) is 18.1 Å². The van der Waals surface area contributed by atoms with E-state index in [9.17, 15) is 0 Å². The van der Waals surface area contributed by atoms with Gasteiger partial charge in [-0.15, -0.1) is 0 Å². The Labute approximate surface area is 66.1 Å². The van der Waals surface area contributed by atoms with Crippen LogP contribution in [0.5, 0.6) is 5.75 Å². The third-order valence-corrected chi connectivity index (χ3v) is 1.98. The third kappa shape index (κ3) is 1.10. The Hall–Kier alpha value is -1.02. The molecule has 11 heavy (non-hydrogen) atoms. The zero-order valence-electron chi connectivity index (χ0n) is 6.55. The second kappa shape index (κ2) is 2.55. The van der Waals surface area contributed by atoms with Crippen LogP contribution in [0, 0.1) is 0 Å². The van der Waals surface area contributed by atoms with Crippen LogP contribution in [0.1, 0.15) is 18.1 Å². The predicted octanol–water partition coefficient (Wildman–Crippen LogP) is 1.65. The summed E-state index contributed by atoms with van der Waals surface area (Å²) < 4.78 is 0. The van der Waals surface area contributed by atoms with Crippen molar-refractivity contribution < 1.29 is 4.84 Å². The van der Waals surface area contributed by atoms with E-state index in [2.05, 4.69) is 24.5 Å². The van der Waals surface area contributed by atoms with Gasteiger partial charge in [-0.25, -0.2) is 0 Å². The maximum atomic E-state index is 5.15. The Morgan fingerprint density at radius 1 is 1.55 bits per heavy atom. The van der Waals surface area contributed by atoms with Crippen molar-refractivity contribution in [3.05, 3.63) is 29.3 Å². The van der Waals surface area contributed by atoms with Gasteiger partial charge >= 0.3 is 0 Å². The summed E-state index contributed by atoms with van der Waals surface area (Å²) in [5.74, 6) is 0.974. The van der Waals surface area contributed by atoms with Crippen LogP contribution in [0.15, 0.2) is 18.2 Å². The molecule has 0 atom stereocenters. The van der Waals surface area contributed by atoms with Crippen molar-refractivity contribution in [2.24, 2.45) is 0 Å². The van der Waals surface area contributed by atoms with Crippen LogP contribution in [0.2, 0.25) is 0 Å². The van der Waals surface area contributed by atoms with Gasteiger partial charge in [-0.1, -0.05) is 19.1 Å². The molecule has 0 aromatic heterocycles. The average Bonchev–Trinajstić information content (AvgIpc) is 2.50. The Kier molecular flexibility index (Phi) is 1.55. The SMILES string of the molecule is CCc1ccc2c(c1)CNO2. The smallest absolute Gasteiger partial charge is 0.151 e. The largest absolute Gasteiger partial charge is 0.408 e. The molecule has 2 nitrogen and oxygen atoms in total. The van der Waals surface area contributed by atoms with Crippen molar-refractivity contribution in [1.82, 2.24) is 5.48 Å². The van der Waals surface area contributed by atoms with E-state index in [4.69, 9.17) is 4.84 Å². The molecular formula is C9H11NO. The fourth-order valence-electron chi connectivity index (χ4n) is 1.28. The Morgan fingerprint density at radius 2 is 2.45 bits per heavy atom. The highest BCUT2D eigenvalue weighted by molar-refractivity contribution is 5.38. The minimum Gasteiger partial charge on any atom is -0.408 e. The van der Waals surface area contributed by atoms with E-state index in [1.165, 1.54) is 11.1 Å². The molecule has 1 aromatic carbocycles. The van der Waals surface area contributed by atoms with Gasteiger partial charge in [0.15, 0.2) is 5.75 Å². The van der Waals surface area contributed by atoms with E-state index >= 15 is 0 Å². The molecule has 0 saturated heterocycles. The fourth-order valence-corrected chi connectivity index (χ4v) is 1.28. The molecule has 0 radical (unpaired) electrons. The van der Waals surface area contributed by atoms with E-state index in [0.717, 1.165) is 18.7 Å². The first-order valence-electron chi connectivity index (χ1n) is 3.91. The molecule has 1 heterocycles. The van der Waals surface area contributed by atoms with Crippen molar-refractivity contribution in [3.63, 3.8) is 0 Å². The molecule has 0 unspecified atom stereocenters. The minimum absolute atomic E-state index is 0.836. The Balaban J connectivity index is 2.41. The Morgan fingerprint density at radius 3 is 3.27 bits per heavy atom. The lowest BCUT2D eigenvalue weighted by Crippen LogP contribution is -2.07. The first kappa shape index (κ1) is 6.68. The van der Waals surface area contributed by atoms with Gasteiger partial charge in [-0.3, -0.25) is 0 Å². The summed E-state index contributed by atoms with van der Waals surface area (Å²) in [5.41, 5.74) is 5.48. The number of hydrogen-bond donors (Lipinski definition) is 1. The lowest BCUT2D eigenvalue weighted by molar-refractivity contribution is 0.224. The van der Waals surface area contributed by atoms with E-state index in [1.54, 1.807) is 0 Å². The lowest BCUT2D eigenvalue weighted by Gasteiger charge is -1.98. The number of hydrogen-bond acceptors (Lipinski definition) is 2. The highest BCUT2D eigenvalue weighted by Gasteiger charge is 2.10. The van der Waals surface area contributed by atoms with Crippen molar-refractivity contribution in [2.75, 3.05) is 0 Å². The van der Waals surface area contributed by atoms with Crippen LogP contribution >= 0.6 is 0 Å². The molecule has 0 amide bonds. The molecule has 1 aliphatic rings. The maximum absolute atomic E-state index is 5.15. The van der Waals surface area contributed by atoms with Crippen LogP contribution in [0.3, 0.4) is 0 Å². The average molecular weight is 149 g/mol. The zero-order chi connectivity index (χ0) is 7.68. The second-order valence-electron chi connectivity index (χ2n) is 2.72. The molecule has 0 bridgehead atoms. The number of fused-ring (bicyclic) bond motifs is 1. The van der Waals surface area contributed by atoms with Crippen LogP contribution in [-0.4, -0.2) is 0 Å². The summed E-state index contributed by atoms with van der Waals surface area (Å²) in [5, 5.41) is 0. The molecule has 1 aliphatic heterocycles. The monoisotopic (exact) mass is 149 g/mol. The molecule has 0 aliphatic carbocycles. The quantitative estimate of drug-likeness (QED) is 0.655. The van der Waals surface area contributed by atoms with Gasteiger partial charge in [0, 0.05) is 5.56 Å².